The Balaban J connectivity index is 1.71. The molecule has 0 radical (unpaired) electrons. The lowest BCUT2D eigenvalue weighted by molar-refractivity contribution is 0.166. The molecule has 3 heteroatoms. The Bertz CT molecular complexity index is 478. The number of halogens is 1. The molecule has 2 nitrogen and oxygen atoms in total. The molecule has 2 aliphatic rings. The van der Waals surface area contributed by atoms with Gasteiger partial charge in [-0.3, -0.25) is 4.90 Å². The van der Waals surface area contributed by atoms with Crippen LogP contribution in [0.25, 0.3) is 0 Å². The maximum atomic E-state index is 13.8. The number of nitrogens with one attached hydrogen (secondary N) is 1. The first-order chi connectivity index (χ1) is 10.1. The highest BCUT2D eigenvalue weighted by Gasteiger charge is 2.34. The van der Waals surface area contributed by atoms with Crippen molar-refractivity contribution < 1.29 is 4.39 Å². The van der Waals surface area contributed by atoms with E-state index in [0.29, 0.717) is 18.1 Å². The maximum absolute atomic E-state index is 13.8. The molecule has 1 heterocycles. The van der Waals surface area contributed by atoms with Crippen LogP contribution in [0.1, 0.15) is 56.2 Å². The number of hydrogen-bond acceptors (Lipinski definition) is 2. The molecular weight excluding hydrogens is 263 g/mol. The molecule has 2 unspecified atom stereocenters. The summed E-state index contributed by atoms with van der Waals surface area (Å²) in [7, 11) is 0. The first-order valence-electron chi connectivity index (χ1n) is 8.40. The minimum absolute atomic E-state index is 0.0779. The van der Waals surface area contributed by atoms with Crippen LogP contribution >= 0.6 is 0 Å². The Morgan fingerprint density at radius 2 is 2.10 bits per heavy atom. The third-order valence-electron chi connectivity index (χ3n) is 5.04. The van der Waals surface area contributed by atoms with E-state index in [4.69, 9.17) is 0 Å². The van der Waals surface area contributed by atoms with Crippen LogP contribution < -0.4 is 5.32 Å². The summed E-state index contributed by atoms with van der Waals surface area (Å²) in [6.45, 7) is 6.30. The van der Waals surface area contributed by atoms with Gasteiger partial charge in [-0.1, -0.05) is 18.6 Å². The molecule has 0 bridgehead atoms. The summed E-state index contributed by atoms with van der Waals surface area (Å²) in [4.78, 5) is 2.59. The van der Waals surface area contributed by atoms with Crippen LogP contribution in [0.2, 0.25) is 0 Å². The molecule has 3 rings (SSSR count). The summed E-state index contributed by atoms with van der Waals surface area (Å²) in [5.41, 5.74) is 1.85. The van der Waals surface area contributed by atoms with Gasteiger partial charge in [-0.15, -0.1) is 0 Å². The molecule has 0 amide bonds. The summed E-state index contributed by atoms with van der Waals surface area (Å²) in [6.07, 6.45) is 6.51. The Hall–Kier alpha value is -0.930. The fraction of sp³-hybridized carbons (Fsp3) is 0.667. The van der Waals surface area contributed by atoms with Crippen molar-refractivity contribution in [3.05, 3.63) is 35.1 Å². The molecule has 1 saturated heterocycles. The highest BCUT2D eigenvalue weighted by atomic mass is 19.1. The number of hydrogen-bond donors (Lipinski definition) is 1. The number of rotatable bonds is 5. The molecule has 1 N–H and O–H groups in total. The number of aryl methyl sites for hydroxylation is 1. The standard InChI is InChI=1S/C18H27FN2/c1-13-6-7-15(11-18(13)19)14(2)21(17-8-9-17)12-16-5-3-4-10-20-16/h6-7,11,14,16-17,20H,3-5,8-10,12H2,1-2H3. The first kappa shape index (κ1) is 15.0. The fourth-order valence-corrected chi connectivity index (χ4v) is 3.42. The quantitative estimate of drug-likeness (QED) is 0.887. The lowest BCUT2D eigenvalue weighted by atomic mass is 10.0. The van der Waals surface area contributed by atoms with Crippen molar-refractivity contribution in [2.45, 2.75) is 64.1 Å². The summed E-state index contributed by atoms with van der Waals surface area (Å²) in [5.74, 6) is -0.0779. The van der Waals surface area contributed by atoms with Crippen LogP contribution in [-0.4, -0.2) is 30.1 Å². The second-order valence-corrected chi connectivity index (χ2v) is 6.76. The molecule has 0 aromatic heterocycles. The van der Waals surface area contributed by atoms with E-state index in [1.165, 1.54) is 32.1 Å². The minimum atomic E-state index is -0.0779. The Kier molecular flexibility index (Phi) is 4.60. The zero-order valence-electron chi connectivity index (χ0n) is 13.2. The maximum Gasteiger partial charge on any atom is 0.126 e. The van der Waals surface area contributed by atoms with E-state index < -0.39 is 0 Å². The fourth-order valence-electron chi connectivity index (χ4n) is 3.42. The summed E-state index contributed by atoms with van der Waals surface area (Å²) in [6, 6.07) is 7.34. The molecule has 1 aromatic rings. The van der Waals surface area contributed by atoms with Gasteiger partial charge in [0.25, 0.3) is 0 Å². The normalized spacial score (nSPS) is 24.3. The topological polar surface area (TPSA) is 15.3 Å². The van der Waals surface area contributed by atoms with Crippen LogP contribution in [-0.2, 0) is 0 Å². The second-order valence-electron chi connectivity index (χ2n) is 6.76. The number of benzene rings is 1. The van der Waals surface area contributed by atoms with E-state index in [0.717, 1.165) is 24.2 Å². The first-order valence-corrected chi connectivity index (χ1v) is 8.40. The van der Waals surface area contributed by atoms with Crippen molar-refractivity contribution in [2.75, 3.05) is 13.1 Å². The van der Waals surface area contributed by atoms with E-state index in [9.17, 15) is 4.39 Å². The predicted octanol–water partition coefficient (Wildman–Crippen LogP) is 3.80. The SMILES string of the molecule is Cc1ccc(C(C)N(CC2CCCCN2)C2CC2)cc1F. The van der Waals surface area contributed by atoms with Gasteiger partial charge in [-0.25, -0.2) is 4.39 Å². The van der Waals surface area contributed by atoms with Gasteiger partial charge in [-0.05, 0) is 63.3 Å². The zero-order chi connectivity index (χ0) is 14.8. The van der Waals surface area contributed by atoms with E-state index in [1.54, 1.807) is 6.07 Å². The Labute approximate surface area is 127 Å². The lowest BCUT2D eigenvalue weighted by Gasteiger charge is -2.35. The largest absolute Gasteiger partial charge is 0.313 e. The molecule has 116 valence electrons. The van der Waals surface area contributed by atoms with Crippen molar-refractivity contribution in [2.24, 2.45) is 0 Å². The van der Waals surface area contributed by atoms with Crippen molar-refractivity contribution >= 4 is 0 Å². The zero-order valence-corrected chi connectivity index (χ0v) is 13.2. The Morgan fingerprint density at radius 3 is 2.71 bits per heavy atom. The van der Waals surface area contributed by atoms with Gasteiger partial charge in [0.15, 0.2) is 0 Å². The van der Waals surface area contributed by atoms with Crippen molar-refractivity contribution in [1.29, 1.82) is 0 Å². The van der Waals surface area contributed by atoms with E-state index in [1.807, 2.05) is 13.0 Å². The molecule has 2 atom stereocenters. The van der Waals surface area contributed by atoms with Crippen LogP contribution in [0.4, 0.5) is 4.39 Å². The van der Waals surface area contributed by atoms with Crippen molar-refractivity contribution in [3.63, 3.8) is 0 Å². The van der Waals surface area contributed by atoms with Crippen LogP contribution in [0.3, 0.4) is 0 Å². The molecule has 2 fully saturated rings. The minimum Gasteiger partial charge on any atom is -0.313 e. The van der Waals surface area contributed by atoms with Gasteiger partial charge < -0.3 is 5.32 Å². The van der Waals surface area contributed by atoms with Gasteiger partial charge in [0, 0.05) is 24.7 Å². The molecule has 1 aromatic carbocycles. The summed E-state index contributed by atoms with van der Waals surface area (Å²) < 4.78 is 13.8. The van der Waals surface area contributed by atoms with Crippen LogP contribution in [0.5, 0.6) is 0 Å². The number of nitrogens with zero attached hydrogens (tertiary/aromatic N) is 1. The highest BCUT2D eigenvalue weighted by Crippen LogP contribution is 2.35. The molecule has 1 saturated carbocycles. The average molecular weight is 290 g/mol. The summed E-state index contributed by atoms with van der Waals surface area (Å²) >= 11 is 0. The van der Waals surface area contributed by atoms with Gasteiger partial charge in [-0.2, -0.15) is 0 Å². The lowest BCUT2D eigenvalue weighted by Crippen LogP contribution is -2.45. The van der Waals surface area contributed by atoms with Gasteiger partial charge in [0.1, 0.15) is 5.82 Å². The third kappa shape index (κ3) is 3.64. The van der Waals surface area contributed by atoms with Crippen molar-refractivity contribution in [1.82, 2.24) is 10.2 Å². The highest BCUT2D eigenvalue weighted by molar-refractivity contribution is 5.26. The smallest absolute Gasteiger partial charge is 0.126 e. The summed E-state index contributed by atoms with van der Waals surface area (Å²) in [5, 5.41) is 3.64. The van der Waals surface area contributed by atoms with E-state index in [2.05, 4.69) is 23.2 Å². The monoisotopic (exact) mass is 290 g/mol. The van der Waals surface area contributed by atoms with E-state index >= 15 is 0 Å². The molecule has 21 heavy (non-hydrogen) atoms. The molecular formula is C18H27FN2. The van der Waals surface area contributed by atoms with Crippen LogP contribution in [0.15, 0.2) is 18.2 Å². The number of piperidine rings is 1. The van der Waals surface area contributed by atoms with E-state index in [-0.39, 0.29) is 5.82 Å². The molecule has 0 spiro atoms. The second kappa shape index (κ2) is 6.45. The van der Waals surface area contributed by atoms with Gasteiger partial charge in [0.05, 0.1) is 0 Å². The third-order valence-corrected chi connectivity index (χ3v) is 5.04. The predicted molar refractivity (Wildman–Crippen MR) is 84.9 cm³/mol. The molecule has 1 aliphatic carbocycles. The Morgan fingerprint density at radius 1 is 1.29 bits per heavy atom. The van der Waals surface area contributed by atoms with Crippen LogP contribution in [0, 0.1) is 12.7 Å². The van der Waals surface area contributed by atoms with Gasteiger partial charge in [0.2, 0.25) is 0 Å². The van der Waals surface area contributed by atoms with Gasteiger partial charge >= 0.3 is 0 Å². The van der Waals surface area contributed by atoms with Crippen molar-refractivity contribution in [3.8, 4) is 0 Å². The molecule has 1 aliphatic heterocycles. The average Bonchev–Trinajstić information content (AvgIpc) is 3.33.